The molecule has 0 spiro atoms. The molecule has 1 unspecified atom stereocenters. The van der Waals surface area contributed by atoms with Crippen LogP contribution in [0.15, 0.2) is 48.0 Å². The van der Waals surface area contributed by atoms with Crippen molar-refractivity contribution in [2.45, 2.75) is 45.7 Å². The van der Waals surface area contributed by atoms with Crippen molar-refractivity contribution < 1.29 is 0 Å². The third kappa shape index (κ3) is 5.74. The number of aromatic nitrogens is 2. The molecule has 1 aromatic carbocycles. The van der Waals surface area contributed by atoms with Gasteiger partial charge in [0.2, 0.25) is 0 Å². The number of benzene rings is 1. The van der Waals surface area contributed by atoms with Crippen molar-refractivity contribution in [1.82, 2.24) is 20.2 Å². The van der Waals surface area contributed by atoms with Crippen molar-refractivity contribution >= 4 is 11.6 Å². The smallest absolute Gasteiger partial charge is 0.191 e. The summed E-state index contributed by atoms with van der Waals surface area (Å²) in [7, 11) is 0. The Balaban J connectivity index is 1.56. The highest BCUT2D eigenvalue weighted by Crippen LogP contribution is 2.23. The molecular weight excluding hydrogens is 336 g/mol. The fourth-order valence-corrected chi connectivity index (χ4v) is 3.44. The molecule has 0 bridgehead atoms. The third-order valence-corrected chi connectivity index (χ3v) is 4.94. The fraction of sp³-hybridized carbons (Fsp3) is 0.524. The van der Waals surface area contributed by atoms with Gasteiger partial charge in [-0.15, -0.1) is 0 Å². The Labute approximate surface area is 162 Å². The molecule has 0 radical (unpaired) electrons. The molecule has 0 saturated carbocycles. The summed E-state index contributed by atoms with van der Waals surface area (Å²) in [6.07, 6.45) is 9.24. The first-order valence-electron chi connectivity index (χ1n) is 10.1. The zero-order valence-electron chi connectivity index (χ0n) is 16.6. The quantitative estimate of drug-likeness (QED) is 0.427. The number of aryl methyl sites for hydroxylation is 1. The van der Waals surface area contributed by atoms with Crippen molar-refractivity contribution in [3.05, 3.63) is 48.5 Å². The van der Waals surface area contributed by atoms with Gasteiger partial charge < -0.3 is 20.1 Å². The van der Waals surface area contributed by atoms with Gasteiger partial charge in [0.15, 0.2) is 5.96 Å². The zero-order chi connectivity index (χ0) is 18.9. The van der Waals surface area contributed by atoms with E-state index in [1.807, 2.05) is 18.7 Å². The van der Waals surface area contributed by atoms with Crippen LogP contribution in [0.3, 0.4) is 0 Å². The lowest BCUT2D eigenvalue weighted by atomic mass is 10.1. The Morgan fingerprint density at radius 3 is 2.89 bits per heavy atom. The van der Waals surface area contributed by atoms with Gasteiger partial charge in [0.05, 0.1) is 12.4 Å². The normalized spacial score (nSPS) is 15.8. The summed E-state index contributed by atoms with van der Waals surface area (Å²) in [6.45, 7) is 9.22. The standard InChI is InChI=1S/C21H32N6/c1-3-23-21(24-10-7-12-26-15-11-22-17-26)25-18(2)19-8-6-9-20(16-19)27-13-4-5-14-27/h6,8-9,11,15-18H,3-5,7,10,12-14H2,1-2H3,(H2,23,24,25). The Morgan fingerprint density at radius 1 is 1.30 bits per heavy atom. The van der Waals surface area contributed by atoms with E-state index in [9.17, 15) is 0 Å². The maximum atomic E-state index is 4.73. The molecule has 1 aliphatic heterocycles. The predicted molar refractivity (Wildman–Crippen MR) is 112 cm³/mol. The van der Waals surface area contributed by atoms with Crippen LogP contribution in [-0.4, -0.2) is 41.7 Å². The van der Waals surface area contributed by atoms with Gasteiger partial charge in [-0.25, -0.2) is 4.98 Å². The molecule has 0 amide bonds. The van der Waals surface area contributed by atoms with Crippen molar-refractivity contribution in [3.8, 4) is 0 Å². The minimum atomic E-state index is 0.207. The Hall–Kier alpha value is -2.50. The van der Waals surface area contributed by atoms with E-state index in [0.29, 0.717) is 0 Å². The van der Waals surface area contributed by atoms with Crippen molar-refractivity contribution in [1.29, 1.82) is 0 Å². The maximum Gasteiger partial charge on any atom is 0.191 e. The zero-order valence-corrected chi connectivity index (χ0v) is 16.6. The number of aliphatic imine (C=N–C) groups is 1. The van der Waals surface area contributed by atoms with Crippen LogP contribution in [0.25, 0.3) is 0 Å². The van der Waals surface area contributed by atoms with Gasteiger partial charge in [-0.2, -0.15) is 0 Å². The van der Waals surface area contributed by atoms with Gasteiger partial charge in [0, 0.05) is 50.8 Å². The fourth-order valence-electron chi connectivity index (χ4n) is 3.44. The molecular formula is C21H32N6. The maximum absolute atomic E-state index is 4.73. The second kappa shape index (κ2) is 10.00. The van der Waals surface area contributed by atoms with Crippen LogP contribution in [0.2, 0.25) is 0 Å². The van der Waals surface area contributed by atoms with Gasteiger partial charge in [-0.05, 0) is 50.8 Å². The lowest BCUT2D eigenvalue weighted by Crippen LogP contribution is -2.38. The molecule has 146 valence electrons. The molecule has 2 heterocycles. The Kier molecular flexibility index (Phi) is 7.13. The average Bonchev–Trinajstić information content (AvgIpc) is 3.39. The van der Waals surface area contributed by atoms with Crippen LogP contribution >= 0.6 is 0 Å². The minimum Gasteiger partial charge on any atom is -0.372 e. The van der Waals surface area contributed by atoms with E-state index in [0.717, 1.165) is 32.0 Å². The molecule has 0 aliphatic carbocycles. The van der Waals surface area contributed by atoms with Crippen molar-refractivity contribution in [2.75, 3.05) is 31.1 Å². The number of rotatable bonds is 8. The number of hydrogen-bond donors (Lipinski definition) is 2. The van der Waals surface area contributed by atoms with Crippen molar-refractivity contribution in [3.63, 3.8) is 0 Å². The number of imidazole rings is 1. The Bertz CT molecular complexity index is 703. The molecule has 1 atom stereocenters. The Morgan fingerprint density at radius 2 is 2.15 bits per heavy atom. The lowest BCUT2D eigenvalue weighted by molar-refractivity contribution is 0.640. The first kappa shape index (κ1) is 19.3. The topological polar surface area (TPSA) is 57.5 Å². The molecule has 27 heavy (non-hydrogen) atoms. The largest absolute Gasteiger partial charge is 0.372 e. The van der Waals surface area contributed by atoms with E-state index < -0.39 is 0 Å². The summed E-state index contributed by atoms with van der Waals surface area (Å²) in [4.78, 5) is 11.3. The summed E-state index contributed by atoms with van der Waals surface area (Å²) in [5, 5.41) is 6.90. The van der Waals surface area contributed by atoms with Crippen LogP contribution in [-0.2, 0) is 6.54 Å². The monoisotopic (exact) mass is 368 g/mol. The average molecular weight is 369 g/mol. The first-order chi connectivity index (χ1) is 13.3. The summed E-state index contributed by atoms with van der Waals surface area (Å²) in [5.74, 6) is 0.877. The number of nitrogens with one attached hydrogen (secondary N) is 2. The lowest BCUT2D eigenvalue weighted by Gasteiger charge is -2.22. The van der Waals surface area contributed by atoms with Gasteiger partial charge >= 0.3 is 0 Å². The summed E-state index contributed by atoms with van der Waals surface area (Å²) < 4.78 is 2.09. The van der Waals surface area contributed by atoms with Crippen molar-refractivity contribution in [2.24, 2.45) is 4.99 Å². The van der Waals surface area contributed by atoms with E-state index >= 15 is 0 Å². The van der Waals surface area contributed by atoms with Gasteiger partial charge in [0.25, 0.3) is 0 Å². The molecule has 3 rings (SSSR count). The molecule has 1 aliphatic rings. The highest BCUT2D eigenvalue weighted by atomic mass is 15.2. The van der Waals surface area contributed by atoms with E-state index in [1.54, 1.807) is 0 Å². The molecule has 1 saturated heterocycles. The molecule has 2 N–H and O–H groups in total. The highest BCUT2D eigenvalue weighted by molar-refractivity contribution is 5.80. The summed E-state index contributed by atoms with van der Waals surface area (Å²) >= 11 is 0. The van der Waals surface area contributed by atoms with Crippen LogP contribution in [0.1, 0.15) is 44.7 Å². The molecule has 6 nitrogen and oxygen atoms in total. The summed E-state index contributed by atoms with van der Waals surface area (Å²) in [6, 6.07) is 9.10. The van der Waals surface area contributed by atoms with Crippen LogP contribution < -0.4 is 15.5 Å². The van der Waals surface area contributed by atoms with Gasteiger partial charge in [0.1, 0.15) is 0 Å². The highest BCUT2D eigenvalue weighted by Gasteiger charge is 2.14. The van der Waals surface area contributed by atoms with E-state index in [-0.39, 0.29) is 6.04 Å². The SMILES string of the molecule is CCNC(=NCCCn1ccnc1)NC(C)c1cccc(N2CCCC2)c1. The molecule has 6 heteroatoms. The molecule has 1 aromatic heterocycles. The molecule has 2 aromatic rings. The van der Waals surface area contributed by atoms with Gasteiger partial charge in [-0.1, -0.05) is 12.1 Å². The third-order valence-electron chi connectivity index (χ3n) is 4.94. The van der Waals surface area contributed by atoms with E-state index in [1.165, 1.54) is 37.2 Å². The second-order valence-corrected chi connectivity index (χ2v) is 7.07. The van der Waals surface area contributed by atoms with Crippen LogP contribution in [0.4, 0.5) is 5.69 Å². The number of anilines is 1. The summed E-state index contributed by atoms with van der Waals surface area (Å²) in [5.41, 5.74) is 2.63. The molecule has 1 fully saturated rings. The predicted octanol–water partition coefficient (Wildman–Crippen LogP) is 3.19. The number of guanidine groups is 1. The second-order valence-electron chi connectivity index (χ2n) is 7.07. The van der Waals surface area contributed by atoms with Crippen LogP contribution in [0.5, 0.6) is 0 Å². The number of nitrogens with zero attached hydrogens (tertiary/aromatic N) is 4. The van der Waals surface area contributed by atoms with Crippen LogP contribution in [0, 0.1) is 0 Å². The minimum absolute atomic E-state index is 0.207. The van der Waals surface area contributed by atoms with E-state index in [4.69, 9.17) is 4.99 Å². The number of hydrogen-bond acceptors (Lipinski definition) is 3. The first-order valence-corrected chi connectivity index (χ1v) is 10.1. The van der Waals surface area contributed by atoms with Gasteiger partial charge in [-0.3, -0.25) is 4.99 Å². The van der Waals surface area contributed by atoms with E-state index in [2.05, 4.69) is 63.2 Å².